The van der Waals surface area contributed by atoms with E-state index in [9.17, 15) is 19.7 Å². The van der Waals surface area contributed by atoms with Crippen molar-refractivity contribution in [3.05, 3.63) is 69.2 Å². The second-order valence-electron chi connectivity index (χ2n) is 6.01. The average Bonchev–Trinajstić information content (AvgIpc) is 3.07. The SMILES string of the molecule is CC(=O)Nc1ccc(NC(=O)c2ccc(Sc3nc(C)cs3)c([N+](=O)[O-])c2)cc1. The van der Waals surface area contributed by atoms with Crippen molar-refractivity contribution in [1.82, 2.24) is 4.98 Å². The fourth-order valence-corrected chi connectivity index (χ4v) is 4.28. The molecule has 2 amide bonds. The van der Waals surface area contributed by atoms with Crippen molar-refractivity contribution in [3.8, 4) is 0 Å². The maximum absolute atomic E-state index is 12.5. The zero-order valence-corrected chi connectivity index (χ0v) is 17.1. The molecule has 0 saturated carbocycles. The molecule has 1 aromatic heterocycles. The number of aromatic nitrogens is 1. The van der Waals surface area contributed by atoms with E-state index in [2.05, 4.69) is 15.6 Å². The Balaban J connectivity index is 1.77. The van der Waals surface area contributed by atoms with Gasteiger partial charge < -0.3 is 10.6 Å². The Morgan fingerprint density at radius 3 is 2.31 bits per heavy atom. The van der Waals surface area contributed by atoms with Crippen molar-refractivity contribution in [2.75, 3.05) is 10.6 Å². The third-order valence-electron chi connectivity index (χ3n) is 3.68. The topological polar surface area (TPSA) is 114 Å². The standard InChI is InChI=1S/C19H16N4O4S2/c1-11-10-28-19(20-11)29-17-8-3-13(9-16(17)23(26)27)18(25)22-15-6-4-14(5-7-15)21-12(2)24/h3-10H,1-2H3,(H,21,24)(H,22,25). The highest BCUT2D eigenvalue weighted by Gasteiger charge is 2.19. The van der Waals surface area contributed by atoms with E-state index in [0.29, 0.717) is 20.6 Å². The molecule has 0 spiro atoms. The number of benzene rings is 2. The third-order valence-corrected chi connectivity index (χ3v) is 5.80. The molecule has 10 heteroatoms. The second-order valence-corrected chi connectivity index (χ2v) is 8.16. The Labute approximate surface area is 174 Å². The van der Waals surface area contributed by atoms with Crippen LogP contribution in [-0.2, 0) is 4.79 Å². The number of hydrogen-bond donors (Lipinski definition) is 2. The van der Waals surface area contributed by atoms with Gasteiger partial charge in [0.25, 0.3) is 11.6 Å². The molecule has 0 atom stereocenters. The molecule has 0 aliphatic rings. The van der Waals surface area contributed by atoms with Crippen molar-refractivity contribution in [2.24, 2.45) is 0 Å². The van der Waals surface area contributed by atoms with Gasteiger partial charge >= 0.3 is 0 Å². The van der Waals surface area contributed by atoms with Crippen LogP contribution in [0.3, 0.4) is 0 Å². The maximum atomic E-state index is 12.5. The Kier molecular flexibility index (Phi) is 6.25. The van der Waals surface area contributed by atoms with Crippen LogP contribution in [0.4, 0.5) is 17.1 Å². The number of amides is 2. The van der Waals surface area contributed by atoms with Crippen molar-refractivity contribution in [3.63, 3.8) is 0 Å². The maximum Gasteiger partial charge on any atom is 0.284 e. The smallest absolute Gasteiger partial charge is 0.284 e. The number of anilines is 2. The fraction of sp³-hybridized carbons (Fsp3) is 0.105. The van der Waals surface area contributed by atoms with Gasteiger partial charge in [-0.15, -0.1) is 11.3 Å². The molecule has 1 heterocycles. The number of thiazole rings is 1. The summed E-state index contributed by atoms with van der Waals surface area (Å²) in [5.74, 6) is -0.665. The molecule has 29 heavy (non-hydrogen) atoms. The molecule has 3 rings (SSSR count). The zero-order chi connectivity index (χ0) is 21.0. The number of nitro benzene ring substituents is 1. The van der Waals surface area contributed by atoms with Gasteiger partial charge in [-0.2, -0.15) is 0 Å². The summed E-state index contributed by atoms with van der Waals surface area (Å²) in [4.78, 5) is 39.2. The summed E-state index contributed by atoms with van der Waals surface area (Å²) in [6.45, 7) is 3.26. The molecule has 2 N–H and O–H groups in total. The second kappa shape index (κ2) is 8.84. The number of nitro groups is 1. The van der Waals surface area contributed by atoms with E-state index >= 15 is 0 Å². The number of hydrogen-bond acceptors (Lipinski definition) is 7. The third kappa shape index (κ3) is 5.39. The molecule has 8 nitrogen and oxygen atoms in total. The highest BCUT2D eigenvalue weighted by Crippen LogP contribution is 2.36. The van der Waals surface area contributed by atoms with Gasteiger partial charge in [-0.1, -0.05) is 11.8 Å². The summed E-state index contributed by atoms with van der Waals surface area (Å²) in [6, 6.07) is 10.9. The first kappa shape index (κ1) is 20.5. The van der Waals surface area contributed by atoms with Crippen molar-refractivity contribution in [1.29, 1.82) is 0 Å². The number of rotatable bonds is 6. The predicted molar refractivity (Wildman–Crippen MR) is 113 cm³/mol. The predicted octanol–water partition coefficient (Wildman–Crippen LogP) is 4.72. The van der Waals surface area contributed by atoms with Crippen molar-refractivity contribution < 1.29 is 14.5 Å². The van der Waals surface area contributed by atoms with Crippen molar-refractivity contribution >= 4 is 52.0 Å². The molecule has 0 unspecified atom stereocenters. The average molecular weight is 428 g/mol. The Morgan fingerprint density at radius 2 is 1.76 bits per heavy atom. The molecule has 0 saturated heterocycles. The highest BCUT2D eigenvalue weighted by molar-refractivity contribution is 8.01. The lowest BCUT2D eigenvalue weighted by Crippen LogP contribution is -2.12. The van der Waals surface area contributed by atoms with E-state index < -0.39 is 10.8 Å². The molecule has 0 fully saturated rings. The van der Waals surface area contributed by atoms with Crippen LogP contribution < -0.4 is 10.6 Å². The lowest BCUT2D eigenvalue weighted by molar-refractivity contribution is -0.387. The van der Waals surface area contributed by atoms with E-state index in [1.54, 1.807) is 30.3 Å². The van der Waals surface area contributed by atoms with Gasteiger partial charge in [-0.25, -0.2) is 4.98 Å². The van der Waals surface area contributed by atoms with Gasteiger partial charge in [-0.05, 0) is 43.3 Å². The van der Waals surface area contributed by atoms with Gasteiger partial charge in [-0.3, -0.25) is 19.7 Å². The molecule has 0 aliphatic heterocycles. The van der Waals surface area contributed by atoms with Crippen LogP contribution in [0.25, 0.3) is 0 Å². The Morgan fingerprint density at radius 1 is 1.10 bits per heavy atom. The first-order valence-corrected chi connectivity index (χ1v) is 10.1. The molecular formula is C19H16N4O4S2. The summed E-state index contributed by atoms with van der Waals surface area (Å²) in [7, 11) is 0. The molecule has 0 radical (unpaired) electrons. The lowest BCUT2D eigenvalue weighted by atomic mass is 10.2. The molecule has 148 valence electrons. The summed E-state index contributed by atoms with van der Waals surface area (Å²) < 4.78 is 0.696. The highest BCUT2D eigenvalue weighted by atomic mass is 32.2. The zero-order valence-electron chi connectivity index (χ0n) is 15.5. The number of nitrogens with one attached hydrogen (secondary N) is 2. The molecule has 0 bridgehead atoms. The van der Waals surface area contributed by atoms with Crippen LogP contribution in [-0.4, -0.2) is 21.7 Å². The van der Waals surface area contributed by atoms with E-state index in [4.69, 9.17) is 0 Å². The van der Waals surface area contributed by atoms with Gasteiger partial charge in [0, 0.05) is 41.0 Å². The Bertz CT molecular complexity index is 1080. The van der Waals surface area contributed by atoms with Gasteiger partial charge in [0.2, 0.25) is 5.91 Å². The number of carbonyl (C=O) groups excluding carboxylic acids is 2. The molecule has 0 aliphatic carbocycles. The summed E-state index contributed by atoms with van der Waals surface area (Å²) in [5, 5.41) is 18.7. The minimum absolute atomic E-state index is 0.156. The van der Waals surface area contributed by atoms with Crippen LogP contribution in [0.15, 0.2) is 57.1 Å². The first-order chi connectivity index (χ1) is 13.8. The molecular weight excluding hydrogens is 412 g/mol. The van der Waals surface area contributed by atoms with Crippen LogP contribution in [0, 0.1) is 17.0 Å². The fourth-order valence-electron chi connectivity index (χ4n) is 2.40. The van der Waals surface area contributed by atoms with Crippen LogP contribution in [0.1, 0.15) is 23.0 Å². The van der Waals surface area contributed by atoms with Crippen molar-refractivity contribution in [2.45, 2.75) is 23.1 Å². The minimum atomic E-state index is -0.512. The summed E-state index contributed by atoms with van der Waals surface area (Å²) in [6.07, 6.45) is 0. The number of aryl methyl sites for hydroxylation is 1. The van der Waals surface area contributed by atoms with Crippen LogP contribution in [0.2, 0.25) is 0 Å². The van der Waals surface area contributed by atoms with E-state index in [-0.39, 0.29) is 17.2 Å². The van der Waals surface area contributed by atoms with E-state index in [1.807, 2.05) is 12.3 Å². The summed E-state index contributed by atoms with van der Waals surface area (Å²) in [5.41, 5.74) is 1.97. The number of nitrogens with zero attached hydrogens (tertiary/aromatic N) is 2. The van der Waals surface area contributed by atoms with Gasteiger partial charge in [0.15, 0.2) is 4.34 Å². The quantitative estimate of drug-likeness (QED) is 0.434. The minimum Gasteiger partial charge on any atom is -0.326 e. The van der Waals surface area contributed by atoms with Gasteiger partial charge in [0.1, 0.15) is 0 Å². The van der Waals surface area contributed by atoms with E-state index in [0.717, 1.165) is 5.69 Å². The normalized spacial score (nSPS) is 10.4. The Hall–Kier alpha value is -3.24. The molecule has 3 aromatic rings. The molecule has 2 aromatic carbocycles. The van der Waals surface area contributed by atoms with Crippen LogP contribution in [0.5, 0.6) is 0 Å². The number of carbonyl (C=O) groups is 2. The summed E-state index contributed by atoms with van der Waals surface area (Å²) >= 11 is 2.60. The van der Waals surface area contributed by atoms with Crippen LogP contribution >= 0.6 is 23.1 Å². The van der Waals surface area contributed by atoms with Gasteiger partial charge in [0.05, 0.1) is 9.82 Å². The lowest BCUT2D eigenvalue weighted by Gasteiger charge is -2.08. The van der Waals surface area contributed by atoms with E-state index in [1.165, 1.54) is 42.2 Å². The monoisotopic (exact) mass is 428 g/mol. The largest absolute Gasteiger partial charge is 0.326 e. The first-order valence-electron chi connectivity index (χ1n) is 8.39.